The molecule has 21 heavy (non-hydrogen) atoms. The lowest BCUT2D eigenvalue weighted by Crippen LogP contribution is -2.06. The molecule has 0 amide bonds. The second kappa shape index (κ2) is 5.17. The maximum atomic E-state index is 5.99. The summed E-state index contributed by atoms with van der Waals surface area (Å²) in [6, 6.07) is 10.5. The van der Waals surface area contributed by atoms with Gasteiger partial charge in [-0.1, -0.05) is 23.7 Å². The van der Waals surface area contributed by atoms with Crippen molar-refractivity contribution in [2.24, 2.45) is 0 Å². The highest BCUT2D eigenvalue weighted by Gasteiger charge is 2.21. The minimum absolute atomic E-state index is 0.413. The molecule has 2 aromatic heterocycles. The highest BCUT2D eigenvalue weighted by Crippen LogP contribution is 2.34. The molecule has 1 unspecified atom stereocenters. The first-order chi connectivity index (χ1) is 10.3. The first-order valence-electron chi connectivity index (χ1n) is 7.11. The van der Waals surface area contributed by atoms with Gasteiger partial charge >= 0.3 is 0 Å². The van der Waals surface area contributed by atoms with Gasteiger partial charge in [0.25, 0.3) is 0 Å². The van der Waals surface area contributed by atoms with Gasteiger partial charge in [-0.25, -0.2) is 0 Å². The van der Waals surface area contributed by atoms with E-state index in [1.54, 1.807) is 0 Å². The normalized spacial score (nSPS) is 18.4. The molecule has 0 saturated carbocycles. The summed E-state index contributed by atoms with van der Waals surface area (Å²) in [6.07, 6.45) is 7.06. The Kier molecular flexibility index (Phi) is 3.17. The first kappa shape index (κ1) is 12.9. The summed E-state index contributed by atoms with van der Waals surface area (Å²) in [6.45, 7) is 1.62. The van der Waals surface area contributed by atoms with Crippen LogP contribution in [0.3, 0.4) is 0 Å². The molecule has 4 heteroatoms. The van der Waals surface area contributed by atoms with E-state index >= 15 is 0 Å². The Balaban J connectivity index is 1.90. The van der Waals surface area contributed by atoms with Crippen molar-refractivity contribution in [3.8, 4) is 11.1 Å². The lowest BCUT2D eigenvalue weighted by atomic mass is 10.1. The predicted octanol–water partition coefficient (Wildman–Crippen LogP) is 4.32. The molecule has 1 fully saturated rings. The maximum absolute atomic E-state index is 5.99. The SMILES string of the molecule is Clc1ccc(-c2cn(C3CCOC3)c3ccncc23)cc1. The Morgan fingerprint density at radius 3 is 2.81 bits per heavy atom. The quantitative estimate of drug-likeness (QED) is 0.704. The van der Waals surface area contributed by atoms with E-state index in [2.05, 4.69) is 33.9 Å². The van der Waals surface area contributed by atoms with Crippen molar-refractivity contribution in [1.82, 2.24) is 9.55 Å². The lowest BCUT2D eigenvalue weighted by Gasteiger charge is -2.11. The van der Waals surface area contributed by atoms with E-state index in [0.717, 1.165) is 30.2 Å². The van der Waals surface area contributed by atoms with Crippen LogP contribution in [-0.2, 0) is 4.74 Å². The second-order valence-corrected chi connectivity index (χ2v) is 5.80. The van der Waals surface area contributed by atoms with E-state index in [1.807, 2.05) is 24.5 Å². The van der Waals surface area contributed by atoms with Gasteiger partial charge in [-0.05, 0) is 30.2 Å². The minimum Gasteiger partial charge on any atom is -0.379 e. The largest absolute Gasteiger partial charge is 0.379 e. The van der Waals surface area contributed by atoms with Crippen molar-refractivity contribution >= 4 is 22.5 Å². The van der Waals surface area contributed by atoms with Crippen LogP contribution in [0.2, 0.25) is 5.02 Å². The van der Waals surface area contributed by atoms with Gasteiger partial charge in [0.2, 0.25) is 0 Å². The molecule has 0 aliphatic carbocycles. The molecule has 4 rings (SSSR count). The van der Waals surface area contributed by atoms with Gasteiger partial charge in [0, 0.05) is 41.2 Å². The summed E-state index contributed by atoms with van der Waals surface area (Å²) in [5.74, 6) is 0. The van der Waals surface area contributed by atoms with E-state index in [4.69, 9.17) is 16.3 Å². The summed E-state index contributed by atoms with van der Waals surface area (Å²) >= 11 is 5.99. The topological polar surface area (TPSA) is 27.1 Å². The van der Waals surface area contributed by atoms with E-state index in [-0.39, 0.29) is 0 Å². The zero-order chi connectivity index (χ0) is 14.2. The van der Waals surface area contributed by atoms with Crippen LogP contribution in [0.1, 0.15) is 12.5 Å². The minimum atomic E-state index is 0.413. The summed E-state index contributed by atoms with van der Waals surface area (Å²) in [7, 11) is 0. The fraction of sp³-hybridized carbons (Fsp3) is 0.235. The first-order valence-corrected chi connectivity index (χ1v) is 7.49. The predicted molar refractivity (Wildman–Crippen MR) is 84.7 cm³/mol. The molecule has 1 atom stereocenters. The Morgan fingerprint density at radius 1 is 1.19 bits per heavy atom. The number of aromatic nitrogens is 2. The van der Waals surface area contributed by atoms with Crippen LogP contribution in [0.25, 0.3) is 22.0 Å². The number of halogens is 1. The molecule has 106 valence electrons. The third-order valence-electron chi connectivity index (χ3n) is 4.09. The standard InChI is InChI=1S/C17H15ClN2O/c18-13-3-1-12(2-4-13)16-10-20(14-6-8-21-11-14)17-5-7-19-9-15(16)17/h1-5,7,9-10,14H,6,8,11H2. The Labute approximate surface area is 128 Å². The molecular formula is C17H15ClN2O. The van der Waals surface area contributed by atoms with Crippen LogP contribution >= 0.6 is 11.6 Å². The molecule has 1 saturated heterocycles. The fourth-order valence-corrected chi connectivity index (χ4v) is 3.13. The van der Waals surface area contributed by atoms with Crippen molar-refractivity contribution in [3.63, 3.8) is 0 Å². The Hall–Kier alpha value is -1.84. The summed E-state index contributed by atoms with van der Waals surface area (Å²) in [5.41, 5.74) is 3.57. The molecule has 3 aromatic rings. The van der Waals surface area contributed by atoms with Gasteiger partial charge in [0.1, 0.15) is 0 Å². The van der Waals surface area contributed by atoms with Gasteiger partial charge in [-0.3, -0.25) is 4.98 Å². The number of pyridine rings is 1. The van der Waals surface area contributed by atoms with Crippen LogP contribution in [0, 0.1) is 0 Å². The molecule has 1 aliphatic heterocycles. The summed E-state index contributed by atoms with van der Waals surface area (Å²) < 4.78 is 7.86. The van der Waals surface area contributed by atoms with Gasteiger partial charge < -0.3 is 9.30 Å². The third kappa shape index (κ3) is 2.23. The molecule has 3 heterocycles. The van der Waals surface area contributed by atoms with E-state index in [9.17, 15) is 0 Å². The maximum Gasteiger partial charge on any atom is 0.0674 e. The monoisotopic (exact) mass is 298 g/mol. The Bertz CT molecular complexity index is 773. The average Bonchev–Trinajstić information content (AvgIpc) is 3.15. The van der Waals surface area contributed by atoms with E-state index < -0.39 is 0 Å². The third-order valence-corrected chi connectivity index (χ3v) is 4.34. The zero-order valence-corrected chi connectivity index (χ0v) is 12.3. The Morgan fingerprint density at radius 2 is 2.05 bits per heavy atom. The van der Waals surface area contributed by atoms with Crippen molar-refractivity contribution in [2.45, 2.75) is 12.5 Å². The number of hydrogen-bond donors (Lipinski definition) is 0. The summed E-state index contributed by atoms with van der Waals surface area (Å²) in [5, 5.41) is 1.93. The molecule has 0 bridgehead atoms. The number of hydrogen-bond acceptors (Lipinski definition) is 2. The summed E-state index contributed by atoms with van der Waals surface area (Å²) in [4.78, 5) is 4.29. The van der Waals surface area contributed by atoms with Crippen LogP contribution in [0.15, 0.2) is 48.9 Å². The van der Waals surface area contributed by atoms with E-state index in [0.29, 0.717) is 6.04 Å². The van der Waals surface area contributed by atoms with Gasteiger partial charge in [-0.15, -0.1) is 0 Å². The van der Waals surface area contributed by atoms with E-state index in [1.165, 1.54) is 16.5 Å². The van der Waals surface area contributed by atoms with Crippen LogP contribution in [-0.4, -0.2) is 22.8 Å². The van der Waals surface area contributed by atoms with Crippen molar-refractivity contribution in [1.29, 1.82) is 0 Å². The lowest BCUT2D eigenvalue weighted by molar-refractivity contribution is 0.187. The number of benzene rings is 1. The number of ether oxygens (including phenoxy) is 1. The van der Waals surface area contributed by atoms with Crippen molar-refractivity contribution < 1.29 is 4.74 Å². The zero-order valence-electron chi connectivity index (χ0n) is 11.5. The van der Waals surface area contributed by atoms with Gasteiger partial charge in [-0.2, -0.15) is 0 Å². The number of fused-ring (bicyclic) bond motifs is 1. The molecule has 0 N–H and O–H groups in total. The van der Waals surface area contributed by atoms with Gasteiger partial charge in [0.15, 0.2) is 0 Å². The highest BCUT2D eigenvalue weighted by atomic mass is 35.5. The molecule has 1 aromatic carbocycles. The van der Waals surface area contributed by atoms with Crippen LogP contribution in [0.5, 0.6) is 0 Å². The highest BCUT2D eigenvalue weighted by molar-refractivity contribution is 6.30. The smallest absolute Gasteiger partial charge is 0.0674 e. The molecular weight excluding hydrogens is 284 g/mol. The number of rotatable bonds is 2. The molecule has 1 aliphatic rings. The average molecular weight is 299 g/mol. The number of nitrogens with zero attached hydrogens (tertiary/aromatic N) is 2. The van der Waals surface area contributed by atoms with Crippen LogP contribution < -0.4 is 0 Å². The van der Waals surface area contributed by atoms with Crippen molar-refractivity contribution in [3.05, 3.63) is 53.9 Å². The van der Waals surface area contributed by atoms with Gasteiger partial charge in [0.05, 0.1) is 18.2 Å². The van der Waals surface area contributed by atoms with Crippen molar-refractivity contribution in [2.75, 3.05) is 13.2 Å². The fourth-order valence-electron chi connectivity index (χ4n) is 3.00. The molecule has 0 spiro atoms. The molecule has 0 radical (unpaired) electrons. The van der Waals surface area contributed by atoms with Crippen LogP contribution in [0.4, 0.5) is 0 Å². The molecule has 3 nitrogen and oxygen atoms in total. The second-order valence-electron chi connectivity index (χ2n) is 5.37.